The van der Waals surface area contributed by atoms with E-state index in [1.54, 1.807) is 13.0 Å². The molecule has 0 bridgehead atoms. The van der Waals surface area contributed by atoms with Crippen molar-refractivity contribution in [1.29, 1.82) is 0 Å². The molecular formula is C11H14O3. The Morgan fingerprint density at radius 1 is 1.71 bits per heavy atom. The second kappa shape index (κ2) is 3.14. The van der Waals surface area contributed by atoms with Gasteiger partial charge in [0.25, 0.3) is 0 Å². The van der Waals surface area contributed by atoms with E-state index < -0.39 is 17.0 Å². The summed E-state index contributed by atoms with van der Waals surface area (Å²) in [5.74, 6) is 1.16. The lowest BCUT2D eigenvalue weighted by atomic mass is 9.64. The molecule has 0 saturated carbocycles. The highest BCUT2D eigenvalue weighted by Crippen LogP contribution is 2.44. The SMILES string of the molecule is C#C[C@]1(O)C(C)=CCC[C@@]1(C)C(=O)O. The molecule has 0 radical (unpaired) electrons. The summed E-state index contributed by atoms with van der Waals surface area (Å²) >= 11 is 0. The molecule has 0 heterocycles. The van der Waals surface area contributed by atoms with Crippen LogP contribution in [0.4, 0.5) is 0 Å². The maximum absolute atomic E-state index is 11.1. The Bertz CT molecular complexity index is 337. The molecule has 1 aliphatic rings. The van der Waals surface area contributed by atoms with Crippen molar-refractivity contribution in [3.05, 3.63) is 11.6 Å². The Labute approximate surface area is 83.4 Å². The molecule has 1 rings (SSSR count). The topological polar surface area (TPSA) is 57.5 Å². The molecule has 0 unspecified atom stereocenters. The minimum atomic E-state index is -1.66. The number of terminal acetylenes is 1. The van der Waals surface area contributed by atoms with Gasteiger partial charge in [-0.05, 0) is 32.3 Å². The molecule has 2 N–H and O–H groups in total. The van der Waals surface area contributed by atoms with Crippen LogP contribution in [0.1, 0.15) is 26.7 Å². The molecule has 0 spiro atoms. The Balaban J connectivity index is 3.30. The molecule has 0 fully saturated rings. The first kappa shape index (κ1) is 10.8. The fourth-order valence-corrected chi connectivity index (χ4v) is 1.88. The Hall–Kier alpha value is -1.27. The van der Waals surface area contributed by atoms with Crippen molar-refractivity contribution in [2.75, 3.05) is 0 Å². The number of rotatable bonds is 1. The van der Waals surface area contributed by atoms with Crippen LogP contribution in [0.15, 0.2) is 11.6 Å². The van der Waals surface area contributed by atoms with Gasteiger partial charge in [0.2, 0.25) is 0 Å². The van der Waals surface area contributed by atoms with Crippen molar-refractivity contribution in [3.63, 3.8) is 0 Å². The number of hydrogen-bond donors (Lipinski definition) is 2. The van der Waals surface area contributed by atoms with Crippen LogP contribution in [-0.4, -0.2) is 21.8 Å². The zero-order valence-electron chi connectivity index (χ0n) is 8.37. The smallest absolute Gasteiger partial charge is 0.313 e. The zero-order chi connectivity index (χ0) is 11.0. The summed E-state index contributed by atoms with van der Waals surface area (Å²) in [6.45, 7) is 3.16. The largest absolute Gasteiger partial charge is 0.481 e. The third-order valence-electron chi connectivity index (χ3n) is 3.15. The molecule has 0 aromatic carbocycles. The van der Waals surface area contributed by atoms with E-state index in [9.17, 15) is 9.90 Å². The van der Waals surface area contributed by atoms with Gasteiger partial charge >= 0.3 is 5.97 Å². The summed E-state index contributed by atoms with van der Waals surface area (Å²) in [6.07, 6.45) is 8.03. The Morgan fingerprint density at radius 2 is 2.29 bits per heavy atom. The number of aliphatic carboxylic acids is 1. The summed E-state index contributed by atoms with van der Waals surface area (Å²) in [5.41, 5.74) is -2.38. The van der Waals surface area contributed by atoms with Crippen LogP contribution in [0.3, 0.4) is 0 Å². The number of hydrogen-bond acceptors (Lipinski definition) is 2. The number of carboxylic acid groups (broad SMARTS) is 1. The van der Waals surface area contributed by atoms with Gasteiger partial charge in [-0.3, -0.25) is 4.79 Å². The van der Waals surface area contributed by atoms with E-state index in [2.05, 4.69) is 5.92 Å². The van der Waals surface area contributed by atoms with Crippen LogP contribution >= 0.6 is 0 Å². The number of allylic oxidation sites excluding steroid dienone is 1. The van der Waals surface area contributed by atoms with E-state index in [-0.39, 0.29) is 0 Å². The Kier molecular flexibility index (Phi) is 2.43. The number of aliphatic hydroxyl groups is 1. The zero-order valence-corrected chi connectivity index (χ0v) is 8.37. The van der Waals surface area contributed by atoms with Crippen LogP contribution in [-0.2, 0) is 4.79 Å². The average Bonchev–Trinajstić information content (AvgIpc) is 2.13. The third-order valence-corrected chi connectivity index (χ3v) is 3.15. The minimum absolute atomic E-state index is 0.361. The van der Waals surface area contributed by atoms with Crippen molar-refractivity contribution < 1.29 is 15.0 Å². The second-order valence-corrected chi connectivity index (χ2v) is 3.92. The predicted molar refractivity (Wildman–Crippen MR) is 52.5 cm³/mol. The summed E-state index contributed by atoms with van der Waals surface area (Å²) in [4.78, 5) is 11.1. The molecule has 0 aliphatic heterocycles. The van der Waals surface area contributed by atoms with Crippen LogP contribution in [0.2, 0.25) is 0 Å². The molecule has 0 aromatic heterocycles. The van der Waals surface area contributed by atoms with Gasteiger partial charge in [0.15, 0.2) is 5.60 Å². The van der Waals surface area contributed by atoms with Crippen LogP contribution in [0.25, 0.3) is 0 Å². The molecule has 0 saturated heterocycles. The fourth-order valence-electron chi connectivity index (χ4n) is 1.88. The quantitative estimate of drug-likeness (QED) is 0.487. The van der Waals surface area contributed by atoms with Crippen molar-refractivity contribution in [1.82, 2.24) is 0 Å². The van der Waals surface area contributed by atoms with Gasteiger partial charge in [-0.2, -0.15) is 0 Å². The van der Waals surface area contributed by atoms with Crippen LogP contribution < -0.4 is 0 Å². The highest BCUT2D eigenvalue weighted by Gasteiger charge is 2.53. The van der Waals surface area contributed by atoms with Gasteiger partial charge in [-0.25, -0.2) is 0 Å². The maximum atomic E-state index is 11.1. The predicted octanol–water partition coefficient (Wildman–Crippen LogP) is 1.18. The van der Waals surface area contributed by atoms with Gasteiger partial charge < -0.3 is 10.2 Å². The van der Waals surface area contributed by atoms with Crippen molar-refractivity contribution >= 4 is 5.97 Å². The van der Waals surface area contributed by atoms with Crippen molar-refractivity contribution in [2.45, 2.75) is 32.3 Å². The third kappa shape index (κ3) is 1.15. The van der Waals surface area contributed by atoms with Gasteiger partial charge in [0.05, 0.1) is 0 Å². The van der Waals surface area contributed by atoms with Gasteiger partial charge in [-0.1, -0.05) is 12.0 Å². The summed E-state index contributed by atoms with van der Waals surface area (Å²) < 4.78 is 0. The molecule has 14 heavy (non-hydrogen) atoms. The number of carbonyl (C=O) groups is 1. The van der Waals surface area contributed by atoms with E-state index in [1.165, 1.54) is 6.92 Å². The standard InChI is InChI=1S/C11H14O3/c1-4-11(14)8(2)6-5-7-10(11,3)9(12)13/h1,6,14H,5,7H2,2-3H3,(H,12,13)/t10-,11-/m0/s1. The van der Waals surface area contributed by atoms with Gasteiger partial charge in [0.1, 0.15) is 5.41 Å². The highest BCUT2D eigenvalue weighted by molar-refractivity contribution is 5.78. The fraction of sp³-hybridized carbons (Fsp3) is 0.545. The van der Waals surface area contributed by atoms with Crippen molar-refractivity contribution in [2.24, 2.45) is 5.41 Å². The maximum Gasteiger partial charge on any atom is 0.313 e. The molecule has 76 valence electrons. The minimum Gasteiger partial charge on any atom is -0.481 e. The summed E-state index contributed by atoms with van der Waals surface area (Å²) in [5, 5.41) is 19.3. The first-order chi connectivity index (χ1) is 6.38. The first-order valence-electron chi connectivity index (χ1n) is 4.49. The summed E-state index contributed by atoms with van der Waals surface area (Å²) in [7, 11) is 0. The molecule has 1 aliphatic carbocycles. The van der Waals surface area contributed by atoms with E-state index in [0.717, 1.165) is 0 Å². The van der Waals surface area contributed by atoms with Crippen LogP contribution in [0, 0.1) is 17.8 Å². The van der Waals surface area contributed by atoms with E-state index in [1.807, 2.05) is 0 Å². The number of carboxylic acids is 1. The van der Waals surface area contributed by atoms with E-state index in [0.29, 0.717) is 18.4 Å². The first-order valence-corrected chi connectivity index (χ1v) is 4.49. The highest BCUT2D eigenvalue weighted by atomic mass is 16.4. The molecule has 3 heteroatoms. The monoisotopic (exact) mass is 194 g/mol. The normalized spacial score (nSPS) is 37.1. The van der Waals surface area contributed by atoms with Gasteiger partial charge in [-0.15, -0.1) is 6.42 Å². The van der Waals surface area contributed by atoms with Gasteiger partial charge in [0, 0.05) is 0 Å². The second-order valence-electron chi connectivity index (χ2n) is 3.92. The lowest BCUT2D eigenvalue weighted by molar-refractivity contribution is -0.159. The summed E-state index contributed by atoms with van der Waals surface area (Å²) in [6, 6.07) is 0. The van der Waals surface area contributed by atoms with E-state index >= 15 is 0 Å². The molecule has 0 aromatic rings. The molecule has 2 atom stereocenters. The average molecular weight is 194 g/mol. The Morgan fingerprint density at radius 3 is 2.64 bits per heavy atom. The lowest BCUT2D eigenvalue weighted by Gasteiger charge is -2.41. The molecular weight excluding hydrogens is 180 g/mol. The van der Waals surface area contributed by atoms with E-state index in [4.69, 9.17) is 11.5 Å². The molecule has 3 nitrogen and oxygen atoms in total. The molecule has 0 amide bonds. The van der Waals surface area contributed by atoms with Crippen molar-refractivity contribution in [3.8, 4) is 12.3 Å². The van der Waals surface area contributed by atoms with Crippen LogP contribution in [0.5, 0.6) is 0 Å². The lowest BCUT2D eigenvalue weighted by Crippen LogP contribution is -2.52.